The highest BCUT2D eigenvalue weighted by Crippen LogP contribution is 2.39. The maximum Gasteiger partial charge on any atom is 0.0773 e. The highest BCUT2D eigenvalue weighted by atomic mass is 32.2. The van der Waals surface area contributed by atoms with E-state index in [4.69, 9.17) is 0 Å². The number of hydrogen-bond donors (Lipinski definition) is 1. The van der Waals surface area contributed by atoms with Crippen LogP contribution in [-0.4, -0.2) is 21.7 Å². The van der Waals surface area contributed by atoms with E-state index >= 15 is 0 Å². The van der Waals surface area contributed by atoms with Crippen LogP contribution in [0.5, 0.6) is 0 Å². The van der Waals surface area contributed by atoms with Gasteiger partial charge in [0, 0.05) is 5.25 Å². The second-order valence-corrected chi connectivity index (χ2v) is 5.41. The van der Waals surface area contributed by atoms with Crippen molar-refractivity contribution in [1.82, 2.24) is 0 Å². The van der Waals surface area contributed by atoms with Crippen LogP contribution in [0.1, 0.15) is 33.6 Å². The molecule has 66 valence electrons. The van der Waals surface area contributed by atoms with E-state index in [-0.39, 0.29) is 5.60 Å². The van der Waals surface area contributed by atoms with E-state index in [2.05, 4.69) is 20.8 Å². The smallest absolute Gasteiger partial charge is 0.0773 e. The summed E-state index contributed by atoms with van der Waals surface area (Å²) < 4.78 is 0. The summed E-state index contributed by atoms with van der Waals surface area (Å²) in [7, 11) is 0. The third kappa shape index (κ3) is 2.12. The van der Waals surface area contributed by atoms with Crippen molar-refractivity contribution in [2.75, 3.05) is 5.75 Å². The van der Waals surface area contributed by atoms with Gasteiger partial charge in [-0.3, -0.25) is 0 Å². The van der Waals surface area contributed by atoms with Gasteiger partial charge in [0.05, 0.1) is 5.60 Å². The van der Waals surface area contributed by atoms with Crippen molar-refractivity contribution in [3.8, 4) is 0 Å². The van der Waals surface area contributed by atoms with E-state index in [1.54, 1.807) is 0 Å². The highest BCUT2D eigenvalue weighted by molar-refractivity contribution is 8.00. The van der Waals surface area contributed by atoms with Crippen LogP contribution in [0.4, 0.5) is 0 Å². The molecule has 1 aliphatic heterocycles. The topological polar surface area (TPSA) is 20.2 Å². The summed E-state index contributed by atoms with van der Waals surface area (Å²) in [6, 6.07) is 0. The molecule has 1 aliphatic rings. The molecule has 1 saturated heterocycles. The molecule has 0 saturated carbocycles. The van der Waals surface area contributed by atoms with Crippen LogP contribution in [0.2, 0.25) is 0 Å². The van der Waals surface area contributed by atoms with Crippen molar-refractivity contribution >= 4 is 11.8 Å². The van der Waals surface area contributed by atoms with Crippen molar-refractivity contribution in [3.63, 3.8) is 0 Å². The van der Waals surface area contributed by atoms with E-state index in [1.807, 2.05) is 11.8 Å². The SMILES string of the molecule is CC(C)CC1(O)CCSC1C. The zero-order valence-corrected chi connectivity index (χ0v) is 8.45. The van der Waals surface area contributed by atoms with Gasteiger partial charge in [-0.05, 0) is 24.5 Å². The first-order valence-electron chi connectivity index (χ1n) is 4.38. The van der Waals surface area contributed by atoms with Gasteiger partial charge in [-0.15, -0.1) is 0 Å². The average Bonchev–Trinajstić information content (AvgIpc) is 2.11. The Bertz CT molecular complexity index is 136. The first-order valence-corrected chi connectivity index (χ1v) is 5.43. The van der Waals surface area contributed by atoms with Crippen LogP contribution in [0.25, 0.3) is 0 Å². The Kier molecular flexibility index (Phi) is 2.87. The first kappa shape index (κ1) is 9.40. The van der Waals surface area contributed by atoms with Crippen molar-refractivity contribution in [2.45, 2.75) is 44.5 Å². The summed E-state index contributed by atoms with van der Waals surface area (Å²) >= 11 is 1.90. The van der Waals surface area contributed by atoms with Crippen molar-refractivity contribution in [1.29, 1.82) is 0 Å². The first-order chi connectivity index (χ1) is 5.04. The molecule has 0 spiro atoms. The molecule has 0 aromatic carbocycles. The fourth-order valence-corrected chi connectivity index (χ4v) is 3.09. The van der Waals surface area contributed by atoms with Crippen LogP contribution in [0, 0.1) is 5.92 Å². The molecular weight excluding hydrogens is 156 g/mol. The molecule has 0 aliphatic carbocycles. The van der Waals surface area contributed by atoms with Crippen molar-refractivity contribution in [2.24, 2.45) is 5.92 Å². The van der Waals surface area contributed by atoms with Gasteiger partial charge < -0.3 is 5.11 Å². The predicted octanol–water partition coefficient (Wildman–Crippen LogP) is 2.29. The third-order valence-corrected chi connectivity index (χ3v) is 3.80. The fourth-order valence-electron chi connectivity index (χ4n) is 1.75. The highest BCUT2D eigenvalue weighted by Gasteiger charge is 2.38. The molecule has 0 radical (unpaired) electrons. The largest absolute Gasteiger partial charge is 0.389 e. The van der Waals surface area contributed by atoms with E-state index in [9.17, 15) is 5.11 Å². The van der Waals surface area contributed by atoms with Gasteiger partial charge >= 0.3 is 0 Å². The summed E-state index contributed by atoms with van der Waals surface area (Å²) in [6.07, 6.45) is 1.94. The Morgan fingerprint density at radius 3 is 2.64 bits per heavy atom. The monoisotopic (exact) mass is 174 g/mol. The molecule has 1 fully saturated rings. The summed E-state index contributed by atoms with van der Waals surface area (Å²) in [4.78, 5) is 0. The van der Waals surface area contributed by atoms with Gasteiger partial charge in [0.15, 0.2) is 0 Å². The van der Waals surface area contributed by atoms with Crippen LogP contribution in [-0.2, 0) is 0 Å². The lowest BCUT2D eigenvalue weighted by molar-refractivity contribution is 0.0253. The molecule has 0 aromatic rings. The maximum absolute atomic E-state index is 10.1. The van der Waals surface area contributed by atoms with Crippen molar-refractivity contribution in [3.05, 3.63) is 0 Å². The summed E-state index contributed by atoms with van der Waals surface area (Å²) in [5, 5.41) is 10.5. The lowest BCUT2D eigenvalue weighted by atomic mass is 9.88. The van der Waals surface area contributed by atoms with E-state index in [0.29, 0.717) is 11.2 Å². The molecule has 2 unspecified atom stereocenters. The molecule has 1 nitrogen and oxygen atoms in total. The molecule has 1 heterocycles. The van der Waals surface area contributed by atoms with Crippen LogP contribution < -0.4 is 0 Å². The quantitative estimate of drug-likeness (QED) is 0.693. The lowest BCUT2D eigenvalue weighted by Crippen LogP contribution is -2.35. The van der Waals surface area contributed by atoms with Crippen LogP contribution >= 0.6 is 11.8 Å². The lowest BCUT2D eigenvalue weighted by Gasteiger charge is -2.28. The zero-order chi connectivity index (χ0) is 8.48. The number of rotatable bonds is 2. The standard InChI is InChI=1S/C9H18OS/c1-7(2)6-9(10)4-5-11-8(9)3/h7-8,10H,4-6H2,1-3H3. The van der Waals surface area contributed by atoms with Crippen LogP contribution in [0.15, 0.2) is 0 Å². The second-order valence-electron chi connectivity index (χ2n) is 3.96. The van der Waals surface area contributed by atoms with Crippen LogP contribution in [0.3, 0.4) is 0 Å². The number of hydrogen-bond acceptors (Lipinski definition) is 2. The minimum Gasteiger partial charge on any atom is -0.389 e. The normalized spacial score (nSPS) is 38.5. The van der Waals surface area contributed by atoms with Crippen molar-refractivity contribution < 1.29 is 5.11 Å². The van der Waals surface area contributed by atoms with Gasteiger partial charge in [-0.2, -0.15) is 11.8 Å². The Morgan fingerprint density at radius 1 is 1.64 bits per heavy atom. The predicted molar refractivity (Wildman–Crippen MR) is 50.9 cm³/mol. The minimum absolute atomic E-state index is 0.362. The van der Waals surface area contributed by atoms with E-state index < -0.39 is 0 Å². The van der Waals surface area contributed by atoms with Gasteiger partial charge in [0.2, 0.25) is 0 Å². The molecular formula is C9H18OS. The Balaban J connectivity index is 2.51. The minimum atomic E-state index is -0.362. The van der Waals surface area contributed by atoms with E-state index in [1.165, 1.54) is 0 Å². The molecule has 2 heteroatoms. The Hall–Kier alpha value is 0.310. The average molecular weight is 174 g/mol. The summed E-state index contributed by atoms with van der Waals surface area (Å²) in [5.41, 5.74) is -0.362. The summed E-state index contributed by atoms with van der Waals surface area (Å²) in [5.74, 6) is 1.74. The molecule has 0 bridgehead atoms. The fraction of sp³-hybridized carbons (Fsp3) is 1.00. The number of thioether (sulfide) groups is 1. The van der Waals surface area contributed by atoms with Gasteiger partial charge in [-0.25, -0.2) is 0 Å². The second kappa shape index (κ2) is 3.36. The molecule has 1 rings (SSSR count). The third-order valence-electron chi connectivity index (χ3n) is 2.42. The van der Waals surface area contributed by atoms with Gasteiger partial charge in [-0.1, -0.05) is 20.8 Å². The number of aliphatic hydroxyl groups is 1. The molecule has 2 atom stereocenters. The Labute approximate surface area is 73.6 Å². The Morgan fingerprint density at radius 2 is 2.27 bits per heavy atom. The zero-order valence-electron chi connectivity index (χ0n) is 7.63. The molecule has 0 amide bonds. The molecule has 0 aromatic heterocycles. The van der Waals surface area contributed by atoms with Gasteiger partial charge in [0.25, 0.3) is 0 Å². The molecule has 1 N–H and O–H groups in total. The van der Waals surface area contributed by atoms with Gasteiger partial charge in [0.1, 0.15) is 0 Å². The summed E-state index contributed by atoms with van der Waals surface area (Å²) in [6.45, 7) is 6.49. The molecule has 11 heavy (non-hydrogen) atoms. The maximum atomic E-state index is 10.1. The van der Waals surface area contributed by atoms with E-state index in [0.717, 1.165) is 18.6 Å².